The predicted molar refractivity (Wildman–Crippen MR) is 65.0 cm³/mol. The minimum atomic E-state index is -0.129. The summed E-state index contributed by atoms with van der Waals surface area (Å²) in [5, 5.41) is 0.704. The molecule has 4 heteroatoms. The number of benzene rings is 1. The molecule has 1 unspecified atom stereocenters. The number of hydrogen-bond donors (Lipinski definition) is 1. The van der Waals surface area contributed by atoms with Crippen molar-refractivity contribution < 1.29 is 4.74 Å². The van der Waals surface area contributed by atoms with Crippen LogP contribution in [0.25, 0.3) is 0 Å². The van der Waals surface area contributed by atoms with Gasteiger partial charge in [-0.1, -0.05) is 11.6 Å². The third-order valence-corrected chi connectivity index (χ3v) is 2.96. The van der Waals surface area contributed by atoms with Crippen LogP contribution in [0.1, 0.15) is 23.6 Å². The molecule has 0 saturated heterocycles. The Morgan fingerprint density at radius 1 is 1.47 bits per heavy atom. The van der Waals surface area contributed by atoms with Gasteiger partial charge in [0.1, 0.15) is 5.75 Å². The van der Waals surface area contributed by atoms with Crippen LogP contribution in [-0.2, 0) is 0 Å². The molecule has 0 aliphatic carbocycles. The van der Waals surface area contributed by atoms with E-state index in [4.69, 9.17) is 33.7 Å². The van der Waals surface area contributed by atoms with Crippen molar-refractivity contribution in [2.24, 2.45) is 5.73 Å². The number of halogens is 2. The molecule has 0 aliphatic rings. The molecule has 1 atom stereocenters. The van der Waals surface area contributed by atoms with Crippen molar-refractivity contribution in [3.05, 3.63) is 28.3 Å². The summed E-state index contributed by atoms with van der Waals surface area (Å²) < 4.78 is 5.27. The van der Waals surface area contributed by atoms with E-state index in [-0.39, 0.29) is 6.04 Å². The highest BCUT2D eigenvalue weighted by Crippen LogP contribution is 2.31. The molecule has 0 saturated carbocycles. The normalized spacial score (nSPS) is 12.6. The van der Waals surface area contributed by atoms with Crippen LogP contribution in [0.3, 0.4) is 0 Å². The molecule has 0 spiro atoms. The Bertz CT molecular complexity index is 342. The molecule has 0 aliphatic heterocycles. The lowest BCUT2D eigenvalue weighted by Crippen LogP contribution is -2.12. The predicted octanol–water partition coefficient (Wildman–Crippen LogP) is 3.29. The Morgan fingerprint density at radius 2 is 2.13 bits per heavy atom. The fourth-order valence-corrected chi connectivity index (χ4v) is 1.82. The van der Waals surface area contributed by atoms with Crippen LogP contribution in [0.2, 0.25) is 5.02 Å². The first-order valence-corrected chi connectivity index (χ1v) is 5.67. The number of nitrogens with two attached hydrogens (primary N) is 1. The lowest BCUT2D eigenvalue weighted by atomic mass is 10.0. The van der Waals surface area contributed by atoms with Gasteiger partial charge in [0.15, 0.2) is 0 Å². The number of hydrogen-bond acceptors (Lipinski definition) is 2. The molecule has 0 aromatic heterocycles. The van der Waals surface area contributed by atoms with Crippen LogP contribution in [-0.4, -0.2) is 13.0 Å². The van der Waals surface area contributed by atoms with Gasteiger partial charge in [-0.3, -0.25) is 0 Å². The van der Waals surface area contributed by atoms with Crippen molar-refractivity contribution in [1.29, 1.82) is 0 Å². The Balaban J connectivity index is 3.09. The lowest BCUT2D eigenvalue weighted by Gasteiger charge is -2.16. The van der Waals surface area contributed by atoms with E-state index in [1.165, 1.54) is 0 Å². The van der Waals surface area contributed by atoms with Crippen molar-refractivity contribution >= 4 is 23.2 Å². The third-order valence-electron chi connectivity index (χ3n) is 2.33. The maximum atomic E-state index is 6.04. The van der Waals surface area contributed by atoms with Crippen LogP contribution >= 0.6 is 23.2 Å². The Labute approximate surface area is 100 Å². The van der Waals surface area contributed by atoms with Gasteiger partial charge >= 0.3 is 0 Å². The second-order valence-electron chi connectivity index (χ2n) is 3.43. The van der Waals surface area contributed by atoms with Gasteiger partial charge < -0.3 is 10.5 Å². The van der Waals surface area contributed by atoms with Crippen molar-refractivity contribution in [2.45, 2.75) is 19.4 Å². The minimum absolute atomic E-state index is 0.129. The van der Waals surface area contributed by atoms with Crippen molar-refractivity contribution in [3.63, 3.8) is 0 Å². The van der Waals surface area contributed by atoms with Gasteiger partial charge in [-0.2, -0.15) is 0 Å². The molecule has 84 valence electrons. The highest BCUT2D eigenvalue weighted by molar-refractivity contribution is 6.31. The third kappa shape index (κ3) is 3.00. The van der Waals surface area contributed by atoms with E-state index >= 15 is 0 Å². The quantitative estimate of drug-likeness (QED) is 0.830. The monoisotopic (exact) mass is 247 g/mol. The summed E-state index contributed by atoms with van der Waals surface area (Å²) in [5.41, 5.74) is 7.87. The van der Waals surface area contributed by atoms with E-state index in [0.29, 0.717) is 17.3 Å². The zero-order valence-electron chi connectivity index (χ0n) is 8.89. The molecule has 2 nitrogen and oxygen atoms in total. The van der Waals surface area contributed by atoms with Gasteiger partial charge in [-0.05, 0) is 31.0 Å². The summed E-state index contributed by atoms with van der Waals surface area (Å²) in [5.74, 6) is 1.30. The molecular weight excluding hydrogens is 233 g/mol. The molecule has 0 fully saturated rings. The first kappa shape index (κ1) is 12.6. The van der Waals surface area contributed by atoms with Crippen molar-refractivity contribution in [1.82, 2.24) is 0 Å². The summed E-state index contributed by atoms with van der Waals surface area (Å²) in [6.07, 6.45) is 0.706. The molecule has 15 heavy (non-hydrogen) atoms. The van der Waals surface area contributed by atoms with Gasteiger partial charge in [-0.25, -0.2) is 0 Å². The molecule has 0 bridgehead atoms. The summed E-state index contributed by atoms with van der Waals surface area (Å²) in [6, 6.07) is 3.62. The molecule has 0 amide bonds. The summed E-state index contributed by atoms with van der Waals surface area (Å²) in [4.78, 5) is 0. The number of rotatable bonds is 4. The first-order valence-electron chi connectivity index (χ1n) is 4.75. The molecule has 0 radical (unpaired) electrons. The van der Waals surface area contributed by atoms with E-state index in [9.17, 15) is 0 Å². The minimum Gasteiger partial charge on any atom is -0.496 e. The average Bonchev–Trinajstić information content (AvgIpc) is 2.21. The second kappa shape index (κ2) is 5.59. The number of ether oxygens (including phenoxy) is 1. The zero-order chi connectivity index (χ0) is 11.4. The Hall–Kier alpha value is -0.440. The highest BCUT2D eigenvalue weighted by atomic mass is 35.5. The Kier molecular flexibility index (Phi) is 4.71. The van der Waals surface area contributed by atoms with Gasteiger partial charge in [0, 0.05) is 22.5 Å². The molecule has 1 aromatic rings. The SMILES string of the molecule is COc1cc(C)c(Cl)cc1C(N)CCCl. The zero-order valence-corrected chi connectivity index (χ0v) is 10.4. The molecule has 1 rings (SSSR count). The van der Waals surface area contributed by atoms with Gasteiger partial charge in [-0.15, -0.1) is 11.6 Å². The van der Waals surface area contributed by atoms with E-state index in [1.54, 1.807) is 7.11 Å². The fraction of sp³-hybridized carbons (Fsp3) is 0.455. The molecule has 2 N–H and O–H groups in total. The van der Waals surface area contributed by atoms with Gasteiger partial charge in [0.05, 0.1) is 7.11 Å². The summed E-state index contributed by atoms with van der Waals surface area (Å²) in [7, 11) is 1.62. The number of alkyl halides is 1. The van der Waals surface area contributed by atoms with E-state index in [1.807, 2.05) is 19.1 Å². The van der Waals surface area contributed by atoms with Crippen LogP contribution in [0, 0.1) is 6.92 Å². The van der Waals surface area contributed by atoms with E-state index in [2.05, 4.69) is 0 Å². The topological polar surface area (TPSA) is 35.2 Å². The van der Waals surface area contributed by atoms with E-state index in [0.717, 1.165) is 16.9 Å². The maximum absolute atomic E-state index is 6.04. The molecular formula is C11H15Cl2NO. The van der Waals surface area contributed by atoms with Crippen LogP contribution in [0.15, 0.2) is 12.1 Å². The highest BCUT2D eigenvalue weighted by Gasteiger charge is 2.13. The van der Waals surface area contributed by atoms with Crippen LogP contribution < -0.4 is 10.5 Å². The maximum Gasteiger partial charge on any atom is 0.123 e. The standard InChI is InChI=1S/C11H15Cl2NO/c1-7-5-11(15-2)8(6-9(7)13)10(14)3-4-12/h5-6,10H,3-4,14H2,1-2H3. The largest absolute Gasteiger partial charge is 0.496 e. The lowest BCUT2D eigenvalue weighted by molar-refractivity contribution is 0.405. The van der Waals surface area contributed by atoms with Crippen LogP contribution in [0.4, 0.5) is 0 Å². The summed E-state index contributed by atoms with van der Waals surface area (Å²) in [6.45, 7) is 1.93. The first-order chi connectivity index (χ1) is 7.10. The molecule has 0 heterocycles. The van der Waals surface area contributed by atoms with Crippen molar-refractivity contribution in [2.75, 3.05) is 13.0 Å². The van der Waals surface area contributed by atoms with E-state index < -0.39 is 0 Å². The number of methoxy groups -OCH3 is 1. The Morgan fingerprint density at radius 3 is 2.67 bits per heavy atom. The second-order valence-corrected chi connectivity index (χ2v) is 4.21. The van der Waals surface area contributed by atoms with Gasteiger partial charge in [0.25, 0.3) is 0 Å². The van der Waals surface area contributed by atoms with Crippen molar-refractivity contribution in [3.8, 4) is 5.75 Å². The van der Waals surface area contributed by atoms with Crippen LogP contribution in [0.5, 0.6) is 5.75 Å². The smallest absolute Gasteiger partial charge is 0.123 e. The number of aryl methyl sites for hydroxylation is 1. The summed E-state index contributed by atoms with van der Waals surface area (Å²) >= 11 is 11.7. The molecule has 1 aromatic carbocycles. The fourth-order valence-electron chi connectivity index (χ4n) is 1.41. The van der Waals surface area contributed by atoms with Gasteiger partial charge in [0.2, 0.25) is 0 Å². The average molecular weight is 248 g/mol.